The maximum absolute atomic E-state index is 10.8. The van der Waals surface area contributed by atoms with E-state index in [0.717, 1.165) is 5.69 Å². The van der Waals surface area contributed by atoms with Gasteiger partial charge in [0.15, 0.2) is 11.9 Å². The van der Waals surface area contributed by atoms with Gasteiger partial charge in [-0.3, -0.25) is 10.1 Å². The van der Waals surface area contributed by atoms with Crippen LogP contribution in [0.1, 0.15) is 11.3 Å². The smallest absolute Gasteiger partial charge is 0.258 e. The van der Waals surface area contributed by atoms with Crippen molar-refractivity contribution in [1.29, 1.82) is 0 Å². The van der Waals surface area contributed by atoms with Crippen molar-refractivity contribution in [2.24, 2.45) is 0 Å². The van der Waals surface area contributed by atoms with E-state index in [1.54, 1.807) is 24.3 Å². The summed E-state index contributed by atoms with van der Waals surface area (Å²) in [5.41, 5.74) is 1.82. The highest BCUT2D eigenvalue weighted by Crippen LogP contribution is 2.18. The number of allylic oxidation sites excluding steroid dienone is 1. The van der Waals surface area contributed by atoms with Crippen LogP contribution in [0, 0.1) is 10.1 Å². The molecule has 0 aliphatic rings. The Morgan fingerprint density at radius 1 is 1.17 bits per heavy atom. The topological polar surface area (TPSA) is 57.3 Å². The monoisotopic (exact) mass is 241 g/mol. The molecule has 1 N–H and O–H groups in total. The van der Waals surface area contributed by atoms with Gasteiger partial charge >= 0.3 is 0 Å². The van der Waals surface area contributed by atoms with E-state index in [1.807, 2.05) is 30.5 Å². The number of hydrogen-bond donors (Lipinski definition) is 0. The average Bonchev–Trinajstić information content (AvgIpc) is 2.40. The van der Waals surface area contributed by atoms with Gasteiger partial charge in [0.05, 0.1) is 16.9 Å². The number of para-hydroxylation sites is 1. The van der Waals surface area contributed by atoms with Gasteiger partial charge in [0.2, 0.25) is 0 Å². The first-order chi connectivity index (χ1) is 8.77. The largest absolute Gasteiger partial charge is 0.276 e. The highest BCUT2D eigenvalue weighted by atomic mass is 16.6. The number of H-pyrrole nitrogens is 1. The molecule has 4 heteroatoms. The zero-order chi connectivity index (χ0) is 12.8. The molecule has 90 valence electrons. The average molecular weight is 241 g/mol. The lowest BCUT2D eigenvalue weighted by Crippen LogP contribution is -2.07. The minimum atomic E-state index is -0.367. The lowest BCUT2D eigenvalue weighted by atomic mass is 10.1. The number of benzene rings is 1. The Balaban J connectivity index is 2.12. The fraction of sp³-hybridized carbons (Fsp3) is 0.0714. The Labute approximate surface area is 105 Å². The molecule has 0 saturated carbocycles. The predicted molar refractivity (Wildman–Crippen MR) is 68.8 cm³/mol. The third-order valence-corrected chi connectivity index (χ3v) is 2.54. The van der Waals surface area contributed by atoms with Crippen molar-refractivity contribution in [2.45, 2.75) is 6.42 Å². The van der Waals surface area contributed by atoms with Crippen LogP contribution in [-0.4, -0.2) is 4.92 Å². The summed E-state index contributed by atoms with van der Waals surface area (Å²) in [6, 6.07) is 12.5. The molecule has 18 heavy (non-hydrogen) atoms. The number of nitro benzene ring substituents is 1. The number of nitro groups is 1. The summed E-state index contributed by atoms with van der Waals surface area (Å²) in [4.78, 5) is 13.6. The van der Waals surface area contributed by atoms with Crippen molar-refractivity contribution in [2.75, 3.05) is 0 Å². The van der Waals surface area contributed by atoms with Crippen LogP contribution in [0.25, 0.3) is 6.08 Å². The molecule has 0 atom stereocenters. The van der Waals surface area contributed by atoms with Crippen molar-refractivity contribution in [3.8, 4) is 0 Å². The van der Waals surface area contributed by atoms with E-state index >= 15 is 0 Å². The predicted octanol–water partition coefficient (Wildman–Crippen LogP) is 2.66. The highest BCUT2D eigenvalue weighted by molar-refractivity contribution is 5.60. The highest BCUT2D eigenvalue weighted by Gasteiger charge is 2.08. The van der Waals surface area contributed by atoms with E-state index < -0.39 is 0 Å². The van der Waals surface area contributed by atoms with Crippen molar-refractivity contribution in [3.05, 3.63) is 76.1 Å². The molecule has 0 radical (unpaired) electrons. The maximum atomic E-state index is 10.8. The Morgan fingerprint density at radius 3 is 2.67 bits per heavy atom. The second kappa shape index (κ2) is 5.72. The third-order valence-electron chi connectivity index (χ3n) is 2.54. The quantitative estimate of drug-likeness (QED) is 0.610. The molecule has 2 rings (SSSR count). The molecule has 0 aliphatic carbocycles. The lowest BCUT2D eigenvalue weighted by Gasteiger charge is -1.95. The summed E-state index contributed by atoms with van der Waals surface area (Å²) in [6.07, 6.45) is 6.26. The van der Waals surface area contributed by atoms with Crippen molar-refractivity contribution in [3.63, 3.8) is 0 Å². The summed E-state index contributed by atoms with van der Waals surface area (Å²) in [6.45, 7) is 0. The molecule has 1 aromatic carbocycles. The molecular formula is C14H13N2O2+. The normalized spacial score (nSPS) is 10.7. The van der Waals surface area contributed by atoms with Gasteiger partial charge in [0.1, 0.15) is 0 Å². The van der Waals surface area contributed by atoms with Crippen LogP contribution in [0.15, 0.2) is 54.7 Å². The standard InChI is InChI=1S/C14H12N2O2/c17-16(18)14-10-2-1-6-12(14)7-5-9-13-8-3-4-11-15-13/h1-8,10-11H,9H2/p+1. The molecule has 0 aliphatic heterocycles. The lowest BCUT2D eigenvalue weighted by molar-refractivity contribution is -0.389. The number of aromatic amines is 1. The Kier molecular flexibility index (Phi) is 3.81. The fourth-order valence-electron chi connectivity index (χ4n) is 1.67. The van der Waals surface area contributed by atoms with E-state index in [9.17, 15) is 10.1 Å². The minimum Gasteiger partial charge on any atom is -0.258 e. The zero-order valence-electron chi connectivity index (χ0n) is 9.74. The van der Waals surface area contributed by atoms with Crippen molar-refractivity contribution >= 4 is 11.8 Å². The summed E-state index contributed by atoms with van der Waals surface area (Å²) in [5, 5.41) is 10.8. The van der Waals surface area contributed by atoms with Crippen LogP contribution in [0.5, 0.6) is 0 Å². The van der Waals surface area contributed by atoms with E-state index in [2.05, 4.69) is 4.98 Å². The molecule has 1 aromatic heterocycles. The van der Waals surface area contributed by atoms with Gasteiger partial charge in [-0.1, -0.05) is 30.4 Å². The van der Waals surface area contributed by atoms with Gasteiger partial charge < -0.3 is 0 Å². The van der Waals surface area contributed by atoms with Crippen LogP contribution in [0.4, 0.5) is 5.69 Å². The van der Waals surface area contributed by atoms with E-state index in [-0.39, 0.29) is 10.6 Å². The van der Waals surface area contributed by atoms with Crippen LogP contribution in [0.3, 0.4) is 0 Å². The first kappa shape index (κ1) is 12.0. The van der Waals surface area contributed by atoms with Gasteiger partial charge in [-0.15, -0.1) is 0 Å². The molecule has 0 amide bonds. The van der Waals surface area contributed by atoms with Gasteiger partial charge in [-0.25, -0.2) is 4.98 Å². The maximum Gasteiger partial charge on any atom is 0.276 e. The number of nitrogens with zero attached hydrogens (tertiary/aromatic N) is 1. The van der Waals surface area contributed by atoms with Gasteiger partial charge in [-0.05, 0) is 6.07 Å². The summed E-state index contributed by atoms with van der Waals surface area (Å²) in [7, 11) is 0. The molecule has 0 spiro atoms. The second-order valence-corrected chi connectivity index (χ2v) is 3.81. The summed E-state index contributed by atoms with van der Waals surface area (Å²) < 4.78 is 0. The Bertz CT molecular complexity index is 565. The number of pyridine rings is 1. The molecule has 1 heterocycles. The van der Waals surface area contributed by atoms with Gasteiger partial charge in [0.25, 0.3) is 5.69 Å². The summed E-state index contributed by atoms with van der Waals surface area (Å²) >= 11 is 0. The molecule has 2 aromatic rings. The second-order valence-electron chi connectivity index (χ2n) is 3.81. The third kappa shape index (κ3) is 3.01. The molecule has 4 nitrogen and oxygen atoms in total. The first-order valence-corrected chi connectivity index (χ1v) is 5.63. The fourth-order valence-corrected chi connectivity index (χ4v) is 1.67. The first-order valence-electron chi connectivity index (χ1n) is 5.63. The SMILES string of the molecule is O=[N+]([O-])c1ccccc1C=CCc1cccc[nH+]1. The number of hydrogen-bond acceptors (Lipinski definition) is 2. The Morgan fingerprint density at radius 2 is 1.94 bits per heavy atom. The number of aromatic nitrogens is 1. The van der Waals surface area contributed by atoms with Crippen LogP contribution in [0.2, 0.25) is 0 Å². The molecule has 0 bridgehead atoms. The Hall–Kier alpha value is -2.49. The number of rotatable bonds is 4. The van der Waals surface area contributed by atoms with Gasteiger partial charge in [0, 0.05) is 18.2 Å². The van der Waals surface area contributed by atoms with Crippen LogP contribution < -0.4 is 4.98 Å². The number of nitrogens with one attached hydrogen (secondary N) is 1. The molecular weight excluding hydrogens is 228 g/mol. The van der Waals surface area contributed by atoms with Crippen LogP contribution in [-0.2, 0) is 6.42 Å². The van der Waals surface area contributed by atoms with Crippen molar-refractivity contribution in [1.82, 2.24) is 0 Å². The minimum absolute atomic E-state index is 0.130. The van der Waals surface area contributed by atoms with Crippen molar-refractivity contribution < 1.29 is 9.91 Å². The molecule has 0 saturated heterocycles. The zero-order valence-corrected chi connectivity index (χ0v) is 9.74. The van der Waals surface area contributed by atoms with E-state index in [1.165, 1.54) is 6.07 Å². The van der Waals surface area contributed by atoms with E-state index in [4.69, 9.17) is 0 Å². The van der Waals surface area contributed by atoms with Gasteiger partial charge in [-0.2, -0.15) is 0 Å². The van der Waals surface area contributed by atoms with E-state index in [0.29, 0.717) is 12.0 Å². The molecule has 0 fully saturated rings. The molecule has 0 unspecified atom stereocenters. The summed E-state index contributed by atoms with van der Waals surface area (Å²) in [5.74, 6) is 0. The van der Waals surface area contributed by atoms with Crippen LogP contribution >= 0.6 is 0 Å².